The number of rotatable bonds is 12. The summed E-state index contributed by atoms with van der Waals surface area (Å²) in [7, 11) is 1.35. The van der Waals surface area contributed by atoms with E-state index in [2.05, 4.69) is 54.2 Å². The largest absolute Gasteiger partial charge is 0.465 e. The van der Waals surface area contributed by atoms with Crippen molar-refractivity contribution in [3.8, 4) is 0 Å². The fourth-order valence-electron chi connectivity index (χ4n) is 5.05. The number of carbonyl (C=O) groups is 2. The van der Waals surface area contributed by atoms with Gasteiger partial charge in [-0.2, -0.15) is 0 Å². The summed E-state index contributed by atoms with van der Waals surface area (Å²) in [6, 6.07) is 19.4. The molecule has 216 valence electrons. The second kappa shape index (κ2) is 14.1. The lowest BCUT2D eigenvalue weighted by Gasteiger charge is -2.23. The number of hydrogen-bond acceptors (Lipinski definition) is 6. The molecule has 0 bridgehead atoms. The first kappa shape index (κ1) is 30.0. The number of ether oxygens (including phenoxy) is 1. The van der Waals surface area contributed by atoms with E-state index in [9.17, 15) is 14.7 Å². The van der Waals surface area contributed by atoms with E-state index in [0.29, 0.717) is 25.1 Å². The van der Waals surface area contributed by atoms with Crippen LogP contribution in [0.15, 0.2) is 77.3 Å². The van der Waals surface area contributed by atoms with Crippen LogP contribution in [0.3, 0.4) is 0 Å². The first-order chi connectivity index (χ1) is 19.7. The van der Waals surface area contributed by atoms with Crippen LogP contribution in [0, 0.1) is 13.8 Å². The van der Waals surface area contributed by atoms with Gasteiger partial charge in [0.2, 0.25) is 5.91 Å². The summed E-state index contributed by atoms with van der Waals surface area (Å²) in [4.78, 5) is 28.7. The summed E-state index contributed by atoms with van der Waals surface area (Å²) in [6.45, 7) is 7.12. The second-order valence-corrected chi connectivity index (χ2v) is 10.7. The minimum Gasteiger partial charge on any atom is -0.465 e. The third-order valence-corrected chi connectivity index (χ3v) is 7.42. The number of aliphatic hydroxyl groups is 1. The minimum absolute atomic E-state index is 0.0496. The maximum atomic E-state index is 12.4. The quantitative estimate of drug-likeness (QED) is 0.290. The number of amides is 1. The lowest BCUT2D eigenvalue weighted by Crippen LogP contribution is -2.36. The zero-order valence-electron chi connectivity index (χ0n) is 24.3. The predicted molar refractivity (Wildman–Crippen MR) is 161 cm³/mol. The first-order valence-corrected chi connectivity index (χ1v) is 14.0. The number of aromatic nitrogens is 1. The number of aliphatic imine (C=N–C) groups is 1. The molecule has 1 aliphatic heterocycles. The maximum absolute atomic E-state index is 12.4. The van der Waals surface area contributed by atoms with Crippen LogP contribution >= 0.6 is 0 Å². The maximum Gasteiger partial charge on any atom is 0.337 e. The molecule has 1 amide bonds. The summed E-state index contributed by atoms with van der Waals surface area (Å²) in [5, 5.41) is 17.1. The van der Waals surface area contributed by atoms with Crippen molar-refractivity contribution >= 4 is 18.1 Å². The lowest BCUT2D eigenvalue weighted by molar-refractivity contribution is -0.120. The Balaban J connectivity index is 1.17. The second-order valence-electron chi connectivity index (χ2n) is 10.7. The summed E-state index contributed by atoms with van der Waals surface area (Å²) < 4.78 is 6.93. The summed E-state index contributed by atoms with van der Waals surface area (Å²) in [5.41, 5.74) is 6.72. The fraction of sp³-hybridized carbons (Fsp3) is 0.364. The Morgan fingerprint density at radius 2 is 1.63 bits per heavy atom. The summed E-state index contributed by atoms with van der Waals surface area (Å²) >= 11 is 0. The smallest absolute Gasteiger partial charge is 0.337 e. The number of nitrogens with zero attached hydrogens (tertiary/aromatic N) is 2. The molecular weight excluding hydrogens is 516 g/mol. The van der Waals surface area contributed by atoms with Gasteiger partial charge in [-0.15, -0.1) is 0 Å². The number of carbonyl (C=O) groups excluding carboxylic acids is 2. The summed E-state index contributed by atoms with van der Waals surface area (Å²) in [5.74, 6) is -0.449. The number of methoxy groups -OCH3 is 1. The number of aryl methyl sites for hydroxylation is 2. The molecule has 0 radical (unpaired) electrons. The predicted octanol–water partition coefficient (Wildman–Crippen LogP) is 4.23. The van der Waals surface area contributed by atoms with E-state index in [1.807, 2.05) is 24.3 Å². The Morgan fingerprint density at radius 3 is 2.24 bits per heavy atom. The molecule has 4 rings (SSSR count). The van der Waals surface area contributed by atoms with Crippen molar-refractivity contribution in [2.45, 2.75) is 64.9 Å². The van der Waals surface area contributed by atoms with Gasteiger partial charge in [0, 0.05) is 43.2 Å². The number of aliphatic hydroxyl groups excluding tert-OH is 1. The minimum atomic E-state index is -0.610. The highest BCUT2D eigenvalue weighted by atomic mass is 16.5. The van der Waals surface area contributed by atoms with Gasteiger partial charge in [-0.3, -0.25) is 9.79 Å². The monoisotopic (exact) mass is 556 g/mol. The van der Waals surface area contributed by atoms with Gasteiger partial charge in [-0.25, -0.2) is 4.79 Å². The molecule has 3 aromatic rings. The van der Waals surface area contributed by atoms with E-state index in [4.69, 9.17) is 9.73 Å². The number of esters is 1. The van der Waals surface area contributed by atoms with E-state index in [-0.39, 0.29) is 24.1 Å². The van der Waals surface area contributed by atoms with Gasteiger partial charge in [-0.05, 0) is 73.7 Å². The number of dihydropyridines is 1. The highest BCUT2D eigenvalue weighted by molar-refractivity contribution is 5.89. The highest BCUT2D eigenvalue weighted by Crippen LogP contribution is 2.24. The van der Waals surface area contributed by atoms with E-state index in [1.54, 1.807) is 30.5 Å². The SMILES string of the molecule is COC(=O)c1ccc(CNC(=O)Cc2ccc(CC(C)NC[C@H](O)C3=CCC(n4c(C)ccc4C)N=C3)cc2)cc1. The molecule has 2 unspecified atom stereocenters. The molecule has 8 nitrogen and oxygen atoms in total. The molecule has 0 spiro atoms. The van der Waals surface area contributed by atoms with Crippen LogP contribution in [0.4, 0.5) is 0 Å². The Bertz CT molecular complexity index is 1370. The van der Waals surface area contributed by atoms with Crippen molar-refractivity contribution < 1.29 is 19.4 Å². The Hall–Kier alpha value is -4.01. The number of hydrogen-bond donors (Lipinski definition) is 3. The molecule has 8 heteroatoms. The fourth-order valence-corrected chi connectivity index (χ4v) is 5.05. The van der Waals surface area contributed by atoms with Gasteiger partial charge >= 0.3 is 5.97 Å². The molecule has 1 aliphatic rings. The van der Waals surface area contributed by atoms with Crippen LogP contribution in [0.1, 0.15) is 57.9 Å². The van der Waals surface area contributed by atoms with Gasteiger partial charge in [0.1, 0.15) is 6.17 Å². The third-order valence-electron chi connectivity index (χ3n) is 7.42. The molecule has 0 aliphatic carbocycles. The normalized spacial score (nSPS) is 16.1. The van der Waals surface area contributed by atoms with Gasteiger partial charge in [0.15, 0.2) is 0 Å². The van der Waals surface area contributed by atoms with Gasteiger partial charge < -0.3 is 25.0 Å². The van der Waals surface area contributed by atoms with E-state index in [1.165, 1.54) is 18.5 Å². The molecule has 2 heterocycles. The highest BCUT2D eigenvalue weighted by Gasteiger charge is 2.19. The summed E-state index contributed by atoms with van der Waals surface area (Å²) in [6.07, 6.45) is 5.20. The molecule has 3 N–H and O–H groups in total. The molecule has 3 atom stereocenters. The van der Waals surface area contributed by atoms with E-state index < -0.39 is 6.10 Å². The Labute approximate surface area is 242 Å². The molecule has 41 heavy (non-hydrogen) atoms. The Kier molecular flexibility index (Phi) is 10.3. The van der Waals surface area contributed by atoms with Crippen LogP contribution in [0.5, 0.6) is 0 Å². The third kappa shape index (κ3) is 8.25. The van der Waals surface area contributed by atoms with Crippen molar-refractivity contribution in [2.75, 3.05) is 13.7 Å². The Morgan fingerprint density at radius 1 is 1.00 bits per heavy atom. The van der Waals surface area contributed by atoms with Crippen LogP contribution in [-0.4, -0.2) is 53.6 Å². The first-order valence-electron chi connectivity index (χ1n) is 14.0. The van der Waals surface area contributed by atoms with Crippen molar-refractivity contribution in [1.82, 2.24) is 15.2 Å². The standard InChI is InChI=1S/C33H40N4O4/c1-22(34-21-30(38)29-15-16-31(35-20-29)37-23(2)5-6-24(37)3)17-25-7-9-26(10-8-25)18-32(39)36-19-27-11-13-28(14-12-27)33(40)41-4/h5-15,20,22,30-31,34,38H,16-19,21H2,1-4H3,(H,36,39)/t22?,30-,31?/m0/s1. The molecular formula is C33H40N4O4. The van der Waals surface area contributed by atoms with Crippen LogP contribution in [0.2, 0.25) is 0 Å². The van der Waals surface area contributed by atoms with Gasteiger partial charge in [-0.1, -0.05) is 42.5 Å². The molecule has 0 fully saturated rings. The zero-order valence-corrected chi connectivity index (χ0v) is 24.3. The van der Waals surface area contributed by atoms with Crippen molar-refractivity contribution in [1.29, 1.82) is 0 Å². The van der Waals surface area contributed by atoms with Crippen molar-refractivity contribution in [2.24, 2.45) is 4.99 Å². The van der Waals surface area contributed by atoms with Crippen molar-refractivity contribution in [3.63, 3.8) is 0 Å². The molecule has 1 aromatic heterocycles. The van der Waals surface area contributed by atoms with E-state index in [0.717, 1.165) is 35.1 Å². The topological polar surface area (TPSA) is 105 Å². The zero-order chi connectivity index (χ0) is 29.4. The van der Waals surface area contributed by atoms with Crippen LogP contribution in [0.25, 0.3) is 0 Å². The van der Waals surface area contributed by atoms with Crippen LogP contribution < -0.4 is 10.6 Å². The van der Waals surface area contributed by atoms with Crippen LogP contribution in [-0.2, 0) is 28.9 Å². The van der Waals surface area contributed by atoms with E-state index >= 15 is 0 Å². The number of nitrogens with one attached hydrogen (secondary N) is 2. The molecule has 0 saturated heterocycles. The van der Waals surface area contributed by atoms with Crippen molar-refractivity contribution in [3.05, 3.63) is 106 Å². The molecule has 0 saturated carbocycles. The number of benzene rings is 2. The average Bonchev–Trinajstić information content (AvgIpc) is 3.33. The lowest BCUT2D eigenvalue weighted by atomic mass is 10.0. The average molecular weight is 557 g/mol. The van der Waals surface area contributed by atoms with Gasteiger partial charge in [0.25, 0.3) is 0 Å². The molecule has 2 aromatic carbocycles. The van der Waals surface area contributed by atoms with Gasteiger partial charge in [0.05, 0.1) is 25.2 Å².